The maximum atomic E-state index is 5.36. The molecule has 0 aliphatic heterocycles. The number of nitrogens with zero attached hydrogens (tertiary/aromatic N) is 6. The van der Waals surface area contributed by atoms with Gasteiger partial charge in [0.2, 0.25) is 0 Å². The number of hydrogen-bond acceptors (Lipinski definition) is 3. The Balaban J connectivity index is 1.10. The van der Waals surface area contributed by atoms with Gasteiger partial charge in [0, 0.05) is 30.8 Å². The Morgan fingerprint density at radius 3 is 1.48 bits per heavy atom. The molecule has 7 aromatic carbocycles. The molecule has 0 N–H and O–H groups in total. The topological polar surface area (TPSA) is 53.5 Å². The SMILES string of the molecule is c1ccc(Cn2cnc3cc(-c4nc5cc(-c6nc7ccc(-c8ccccc8)cc7n6Cc6ccccc6)ccc5n4Cc4ccccc4)ccc32)cc1. The van der Waals surface area contributed by atoms with Crippen LogP contribution < -0.4 is 0 Å². The van der Waals surface area contributed by atoms with Crippen molar-refractivity contribution < 1.29 is 0 Å². The van der Waals surface area contributed by atoms with Crippen molar-refractivity contribution in [3.05, 3.63) is 199 Å². The second kappa shape index (κ2) is 13.5. The fraction of sp³-hybridized carbons (Fsp3) is 0.0625. The molecule has 10 rings (SSSR count). The first kappa shape index (κ1) is 31.7. The zero-order chi connectivity index (χ0) is 35.8. The molecule has 0 spiro atoms. The molecule has 0 aliphatic rings. The van der Waals surface area contributed by atoms with Gasteiger partial charge in [0.1, 0.15) is 11.6 Å². The van der Waals surface area contributed by atoms with E-state index >= 15 is 0 Å². The van der Waals surface area contributed by atoms with Crippen molar-refractivity contribution in [2.24, 2.45) is 0 Å². The molecule has 0 radical (unpaired) electrons. The predicted octanol–water partition coefficient (Wildman–Crippen LogP) is 10.9. The quantitative estimate of drug-likeness (QED) is 0.151. The van der Waals surface area contributed by atoms with Gasteiger partial charge in [-0.2, -0.15) is 0 Å². The van der Waals surface area contributed by atoms with Crippen LogP contribution in [0.1, 0.15) is 16.7 Å². The molecule has 3 heterocycles. The Labute approximate surface area is 313 Å². The monoisotopic (exact) mass is 696 g/mol. The van der Waals surface area contributed by atoms with Crippen LogP contribution in [0.25, 0.3) is 67.0 Å². The normalized spacial score (nSPS) is 11.6. The minimum absolute atomic E-state index is 0.696. The van der Waals surface area contributed by atoms with Crippen LogP contribution in [0.4, 0.5) is 0 Å². The van der Waals surface area contributed by atoms with E-state index in [-0.39, 0.29) is 0 Å². The van der Waals surface area contributed by atoms with Crippen LogP contribution in [0, 0.1) is 0 Å². The first-order valence-electron chi connectivity index (χ1n) is 18.4. The minimum atomic E-state index is 0.696. The Hall–Kier alpha value is -7.05. The largest absolute Gasteiger partial charge is 0.326 e. The lowest BCUT2D eigenvalue weighted by molar-refractivity contribution is 0.824. The summed E-state index contributed by atoms with van der Waals surface area (Å²) in [6, 6.07) is 62.0. The Bertz CT molecular complexity index is 2890. The molecule has 258 valence electrons. The Morgan fingerprint density at radius 2 is 0.852 bits per heavy atom. The molecule has 0 aliphatic carbocycles. The molecule has 6 nitrogen and oxygen atoms in total. The average Bonchev–Trinajstić information content (AvgIpc) is 3.92. The smallest absolute Gasteiger partial charge is 0.141 e. The zero-order valence-corrected chi connectivity index (χ0v) is 29.6. The van der Waals surface area contributed by atoms with E-state index in [9.17, 15) is 0 Å². The van der Waals surface area contributed by atoms with Gasteiger partial charge in [-0.3, -0.25) is 0 Å². The summed E-state index contributed by atoms with van der Waals surface area (Å²) in [5.74, 6) is 1.83. The summed E-state index contributed by atoms with van der Waals surface area (Å²) < 4.78 is 6.88. The third-order valence-electron chi connectivity index (χ3n) is 10.3. The van der Waals surface area contributed by atoms with Crippen molar-refractivity contribution in [3.63, 3.8) is 0 Å². The summed E-state index contributed by atoms with van der Waals surface area (Å²) >= 11 is 0. The van der Waals surface area contributed by atoms with Crippen molar-refractivity contribution in [2.75, 3.05) is 0 Å². The van der Waals surface area contributed by atoms with Crippen LogP contribution in [0.2, 0.25) is 0 Å². The van der Waals surface area contributed by atoms with Gasteiger partial charge in [0.25, 0.3) is 0 Å². The van der Waals surface area contributed by atoms with E-state index in [2.05, 4.69) is 190 Å². The average molecular weight is 697 g/mol. The fourth-order valence-electron chi connectivity index (χ4n) is 7.60. The maximum absolute atomic E-state index is 5.36. The van der Waals surface area contributed by atoms with Crippen LogP contribution in [0.15, 0.2) is 182 Å². The minimum Gasteiger partial charge on any atom is -0.326 e. The molecule has 3 aromatic heterocycles. The molecule has 0 bridgehead atoms. The molecule has 10 aromatic rings. The van der Waals surface area contributed by atoms with Crippen LogP contribution in [0.3, 0.4) is 0 Å². The van der Waals surface area contributed by atoms with E-state index < -0.39 is 0 Å². The van der Waals surface area contributed by atoms with E-state index in [1.165, 1.54) is 27.8 Å². The highest BCUT2D eigenvalue weighted by Gasteiger charge is 2.19. The summed E-state index contributed by atoms with van der Waals surface area (Å²) in [4.78, 5) is 15.4. The lowest BCUT2D eigenvalue weighted by Crippen LogP contribution is -2.03. The zero-order valence-electron chi connectivity index (χ0n) is 29.6. The number of fused-ring (bicyclic) bond motifs is 3. The van der Waals surface area contributed by atoms with E-state index in [1.807, 2.05) is 6.33 Å². The molecule has 0 amide bonds. The van der Waals surface area contributed by atoms with Crippen molar-refractivity contribution in [1.29, 1.82) is 0 Å². The van der Waals surface area contributed by atoms with Crippen molar-refractivity contribution in [2.45, 2.75) is 19.6 Å². The maximum Gasteiger partial charge on any atom is 0.141 e. The van der Waals surface area contributed by atoms with Gasteiger partial charge in [-0.15, -0.1) is 0 Å². The molecule has 0 saturated heterocycles. The van der Waals surface area contributed by atoms with Gasteiger partial charge < -0.3 is 13.7 Å². The molecule has 0 unspecified atom stereocenters. The number of benzene rings is 7. The van der Waals surface area contributed by atoms with Crippen LogP contribution in [-0.4, -0.2) is 28.7 Å². The summed E-state index contributed by atoms with van der Waals surface area (Å²) in [6.07, 6.45) is 1.94. The first-order chi connectivity index (χ1) is 26.7. The lowest BCUT2D eigenvalue weighted by atomic mass is 10.1. The summed E-state index contributed by atoms with van der Waals surface area (Å²) in [5.41, 5.74) is 14.2. The van der Waals surface area contributed by atoms with E-state index in [4.69, 9.17) is 15.0 Å². The van der Waals surface area contributed by atoms with Crippen molar-refractivity contribution in [3.8, 4) is 33.9 Å². The van der Waals surface area contributed by atoms with Gasteiger partial charge in [-0.25, -0.2) is 15.0 Å². The van der Waals surface area contributed by atoms with Gasteiger partial charge >= 0.3 is 0 Å². The standard InChI is InChI=1S/C48H36N6/c1-5-13-34(14-6-1)30-52-33-49-42-27-39(22-25-44(42)52)48-51-43-28-40(23-26-45(43)53(48)31-35-15-7-2-8-16-35)47-50-41-24-21-38(37-19-11-4-12-20-37)29-46(41)54(47)32-36-17-9-3-10-18-36/h1-29,33H,30-32H2. The summed E-state index contributed by atoms with van der Waals surface area (Å²) in [7, 11) is 0. The number of imidazole rings is 3. The van der Waals surface area contributed by atoms with Gasteiger partial charge in [-0.05, 0) is 76.3 Å². The van der Waals surface area contributed by atoms with Gasteiger partial charge in [0.15, 0.2) is 0 Å². The lowest BCUT2D eigenvalue weighted by Gasteiger charge is -2.12. The highest BCUT2D eigenvalue weighted by atomic mass is 15.1. The molecular weight excluding hydrogens is 661 g/mol. The highest BCUT2D eigenvalue weighted by Crippen LogP contribution is 2.34. The fourth-order valence-corrected chi connectivity index (χ4v) is 7.60. The van der Waals surface area contributed by atoms with Crippen LogP contribution in [0.5, 0.6) is 0 Å². The van der Waals surface area contributed by atoms with Gasteiger partial charge in [0.05, 0.1) is 39.4 Å². The first-order valence-corrected chi connectivity index (χ1v) is 18.4. The summed E-state index contributed by atoms with van der Waals surface area (Å²) in [5, 5.41) is 0. The van der Waals surface area contributed by atoms with E-state index in [0.717, 1.165) is 62.4 Å². The summed E-state index contributed by atoms with van der Waals surface area (Å²) in [6.45, 7) is 2.17. The highest BCUT2D eigenvalue weighted by molar-refractivity contribution is 5.90. The van der Waals surface area contributed by atoms with Gasteiger partial charge in [-0.1, -0.05) is 127 Å². The molecule has 54 heavy (non-hydrogen) atoms. The van der Waals surface area contributed by atoms with E-state index in [1.54, 1.807) is 0 Å². The molecular formula is C48H36N6. The molecule has 0 atom stereocenters. The third-order valence-corrected chi connectivity index (χ3v) is 10.3. The number of rotatable bonds is 9. The second-order valence-electron chi connectivity index (χ2n) is 13.8. The Morgan fingerprint density at radius 1 is 0.352 bits per heavy atom. The van der Waals surface area contributed by atoms with Crippen LogP contribution >= 0.6 is 0 Å². The number of hydrogen-bond donors (Lipinski definition) is 0. The predicted molar refractivity (Wildman–Crippen MR) is 219 cm³/mol. The molecule has 6 heteroatoms. The second-order valence-corrected chi connectivity index (χ2v) is 13.8. The van der Waals surface area contributed by atoms with Crippen LogP contribution in [-0.2, 0) is 19.6 Å². The van der Waals surface area contributed by atoms with E-state index in [0.29, 0.717) is 13.1 Å². The molecule has 0 fully saturated rings. The number of aromatic nitrogens is 6. The van der Waals surface area contributed by atoms with Crippen molar-refractivity contribution >= 4 is 33.1 Å². The third kappa shape index (κ3) is 5.94. The van der Waals surface area contributed by atoms with Crippen molar-refractivity contribution in [1.82, 2.24) is 28.7 Å². The Kier molecular flexibility index (Phi) is 7.91. The molecule has 0 saturated carbocycles.